The second-order valence-electron chi connectivity index (χ2n) is 19.3. The Balaban J connectivity index is 0.000000289. The van der Waals surface area contributed by atoms with Crippen molar-refractivity contribution in [3.63, 3.8) is 0 Å². The highest BCUT2D eigenvalue weighted by Gasteiger charge is 2.35. The van der Waals surface area contributed by atoms with Gasteiger partial charge in [0, 0.05) is 58.9 Å². The first-order valence-corrected chi connectivity index (χ1v) is 25.8. The van der Waals surface area contributed by atoms with E-state index in [1.54, 1.807) is 118 Å². The number of aliphatic carboxylic acids is 1. The SMILES string of the molecule is CCCCCC(Oc1ccc(C(=O)NCCC(=O)O)cc1)c1ccc(-c2ccccc2C(F)(F)F)nc1.CCCCCC(Oc1ccc(C(=O)NCCC(=O)OC(C)(C)C)cc1)c1ccc(-c2ccccc2C(F)(F)F)nc1. The van der Waals surface area contributed by atoms with Crippen LogP contribution in [-0.4, -0.2) is 57.5 Å². The summed E-state index contributed by atoms with van der Waals surface area (Å²) in [6, 6.07) is 30.5. The van der Waals surface area contributed by atoms with Crippen LogP contribution >= 0.6 is 0 Å². The Kier molecular flexibility index (Phi) is 22.8. The lowest BCUT2D eigenvalue weighted by Gasteiger charge is -2.20. The van der Waals surface area contributed by atoms with Crippen molar-refractivity contribution in [2.24, 2.45) is 0 Å². The van der Waals surface area contributed by atoms with Crippen LogP contribution in [0.1, 0.15) is 154 Å². The predicted molar refractivity (Wildman–Crippen MR) is 285 cm³/mol. The van der Waals surface area contributed by atoms with E-state index in [9.17, 15) is 45.5 Å². The van der Waals surface area contributed by atoms with Crippen LogP contribution in [0.25, 0.3) is 22.5 Å². The van der Waals surface area contributed by atoms with Gasteiger partial charge in [0.15, 0.2) is 0 Å². The summed E-state index contributed by atoms with van der Waals surface area (Å²) in [5.74, 6) is -1.02. The van der Waals surface area contributed by atoms with E-state index in [0.29, 0.717) is 35.5 Å². The molecular formula is C60H66F6N4O8. The molecule has 0 bridgehead atoms. The molecule has 0 saturated heterocycles. The zero-order valence-electron chi connectivity index (χ0n) is 44.3. The number of carboxylic acid groups (broad SMARTS) is 1. The molecule has 0 saturated carbocycles. The summed E-state index contributed by atoms with van der Waals surface area (Å²) in [7, 11) is 0. The van der Waals surface area contributed by atoms with Gasteiger partial charge in [0.05, 0.1) is 35.4 Å². The fraction of sp³-hybridized carbons (Fsp3) is 0.367. The number of pyridine rings is 2. The number of rotatable bonds is 24. The number of hydrogen-bond donors (Lipinski definition) is 3. The lowest BCUT2D eigenvalue weighted by Crippen LogP contribution is -2.29. The van der Waals surface area contributed by atoms with Gasteiger partial charge in [0.2, 0.25) is 0 Å². The molecule has 6 aromatic rings. The van der Waals surface area contributed by atoms with Crippen molar-refractivity contribution in [3.05, 3.63) is 167 Å². The number of carboxylic acids is 1. The van der Waals surface area contributed by atoms with E-state index in [2.05, 4.69) is 34.4 Å². The van der Waals surface area contributed by atoms with Gasteiger partial charge in [-0.1, -0.05) is 88.1 Å². The van der Waals surface area contributed by atoms with Crippen molar-refractivity contribution in [3.8, 4) is 34.0 Å². The molecule has 0 spiro atoms. The van der Waals surface area contributed by atoms with E-state index < -0.39 is 35.0 Å². The Bertz CT molecular complexity index is 2850. The number of nitrogens with one attached hydrogen (secondary N) is 2. The highest BCUT2D eigenvalue weighted by molar-refractivity contribution is 5.95. The Morgan fingerprint density at radius 3 is 1.28 bits per heavy atom. The number of nitrogens with zero attached hydrogens (tertiary/aromatic N) is 2. The van der Waals surface area contributed by atoms with Gasteiger partial charge in [0.1, 0.15) is 29.3 Å². The summed E-state index contributed by atoms with van der Waals surface area (Å²) < 4.78 is 98.4. The first kappa shape index (κ1) is 61.1. The van der Waals surface area contributed by atoms with Crippen molar-refractivity contribution in [1.82, 2.24) is 20.6 Å². The van der Waals surface area contributed by atoms with Crippen LogP contribution in [0.5, 0.6) is 11.5 Å². The molecular weight excluding hydrogens is 1020 g/mol. The Morgan fingerprint density at radius 2 is 0.936 bits per heavy atom. The summed E-state index contributed by atoms with van der Waals surface area (Å²) in [5.41, 5.74) is 0.715. The number of unbranched alkanes of at least 4 members (excludes halogenated alkanes) is 4. The molecule has 18 heteroatoms. The number of esters is 1. The fourth-order valence-electron chi connectivity index (χ4n) is 8.02. The normalized spacial score (nSPS) is 12.3. The van der Waals surface area contributed by atoms with E-state index in [1.807, 2.05) is 0 Å². The molecule has 0 aliphatic rings. The maximum atomic E-state index is 13.5. The summed E-state index contributed by atoms with van der Waals surface area (Å²) in [6.45, 7) is 9.72. The molecule has 0 aliphatic heterocycles. The van der Waals surface area contributed by atoms with Gasteiger partial charge in [-0.2, -0.15) is 26.3 Å². The van der Waals surface area contributed by atoms with Crippen LogP contribution < -0.4 is 20.1 Å². The standard InChI is InChI=1S/C32H37F3N2O4.C28H29F3N2O4/c1-5-6-7-12-28(23-15-18-27(37-21-23)25-10-8-9-11-26(25)32(33,34)35)40-24-16-13-22(14-17-24)30(39)36-20-19-29(38)41-31(2,3)4;1-2-3-4-9-25(37-21-13-10-19(11-14-21)27(36)32-17-16-26(34)35)20-12-15-24(33-18-20)22-7-5-6-8-23(22)28(29,30)31/h8-11,13-18,21,28H,5-7,12,19-20H2,1-4H3,(H,36,39);5-8,10-15,18,25H,2-4,9,16-17H2,1H3,(H,32,36)(H,34,35). The van der Waals surface area contributed by atoms with Gasteiger partial charge in [0.25, 0.3) is 11.8 Å². The van der Waals surface area contributed by atoms with Crippen molar-refractivity contribution < 1.29 is 64.8 Å². The van der Waals surface area contributed by atoms with Crippen LogP contribution in [0.4, 0.5) is 26.3 Å². The second kappa shape index (κ2) is 29.1. The quantitative estimate of drug-likeness (QED) is 0.0302. The van der Waals surface area contributed by atoms with E-state index in [1.165, 1.54) is 24.3 Å². The molecule has 0 aliphatic carbocycles. The average molecular weight is 1090 g/mol. The van der Waals surface area contributed by atoms with Gasteiger partial charge < -0.3 is 30.0 Å². The topological polar surface area (TPSA) is 166 Å². The first-order valence-electron chi connectivity index (χ1n) is 25.8. The monoisotopic (exact) mass is 1080 g/mol. The van der Waals surface area contributed by atoms with E-state index in [-0.39, 0.29) is 78.4 Å². The lowest BCUT2D eigenvalue weighted by molar-refractivity contribution is -0.154. The van der Waals surface area contributed by atoms with Crippen LogP contribution in [0.15, 0.2) is 134 Å². The van der Waals surface area contributed by atoms with Gasteiger partial charge >= 0.3 is 24.3 Å². The minimum absolute atomic E-state index is 0.0159. The number of ether oxygens (including phenoxy) is 3. The number of benzene rings is 4. The third-order valence-corrected chi connectivity index (χ3v) is 11.9. The Morgan fingerprint density at radius 1 is 0.538 bits per heavy atom. The third kappa shape index (κ3) is 19.7. The number of carbonyl (C=O) groups excluding carboxylic acids is 3. The predicted octanol–water partition coefficient (Wildman–Crippen LogP) is 14.6. The Hall–Kier alpha value is -7.76. The molecule has 0 fully saturated rings. The zero-order valence-corrected chi connectivity index (χ0v) is 44.3. The van der Waals surface area contributed by atoms with E-state index >= 15 is 0 Å². The average Bonchev–Trinajstić information content (AvgIpc) is 3.40. The molecule has 416 valence electrons. The highest BCUT2D eigenvalue weighted by Crippen LogP contribution is 2.39. The maximum Gasteiger partial charge on any atom is 0.417 e. The first-order chi connectivity index (χ1) is 37.1. The number of halogens is 6. The summed E-state index contributed by atoms with van der Waals surface area (Å²) in [5, 5.41) is 13.9. The minimum Gasteiger partial charge on any atom is -0.486 e. The van der Waals surface area contributed by atoms with Gasteiger partial charge in [-0.15, -0.1) is 0 Å². The molecule has 6 rings (SSSR count). The molecule has 0 radical (unpaired) electrons. The summed E-state index contributed by atoms with van der Waals surface area (Å²) in [6.07, 6.45) is 0.524. The van der Waals surface area contributed by atoms with Crippen molar-refractivity contribution in [1.29, 1.82) is 0 Å². The zero-order chi connectivity index (χ0) is 56.9. The van der Waals surface area contributed by atoms with Crippen LogP contribution in [0.3, 0.4) is 0 Å². The Labute approximate surface area is 451 Å². The maximum absolute atomic E-state index is 13.5. The highest BCUT2D eigenvalue weighted by atomic mass is 19.4. The number of aromatic nitrogens is 2. The summed E-state index contributed by atoms with van der Waals surface area (Å²) in [4.78, 5) is 55.8. The molecule has 4 aromatic carbocycles. The molecule has 2 atom stereocenters. The number of carbonyl (C=O) groups is 4. The molecule has 12 nitrogen and oxygen atoms in total. The lowest BCUT2D eigenvalue weighted by atomic mass is 10.0. The molecule has 2 aromatic heterocycles. The molecule has 2 amide bonds. The van der Waals surface area contributed by atoms with Crippen LogP contribution in [-0.2, 0) is 26.7 Å². The van der Waals surface area contributed by atoms with Crippen molar-refractivity contribution in [2.75, 3.05) is 13.1 Å². The molecule has 78 heavy (non-hydrogen) atoms. The third-order valence-electron chi connectivity index (χ3n) is 11.9. The minimum atomic E-state index is -4.48. The van der Waals surface area contributed by atoms with E-state index in [0.717, 1.165) is 61.8 Å². The van der Waals surface area contributed by atoms with E-state index in [4.69, 9.17) is 19.3 Å². The number of amides is 2. The largest absolute Gasteiger partial charge is 0.486 e. The smallest absolute Gasteiger partial charge is 0.417 e. The molecule has 2 unspecified atom stereocenters. The number of hydrogen-bond acceptors (Lipinski definition) is 9. The van der Waals surface area contributed by atoms with Crippen molar-refractivity contribution in [2.45, 2.75) is 129 Å². The second-order valence-corrected chi connectivity index (χ2v) is 19.3. The fourth-order valence-corrected chi connectivity index (χ4v) is 8.02. The van der Waals surface area contributed by atoms with Crippen LogP contribution in [0, 0.1) is 0 Å². The van der Waals surface area contributed by atoms with Gasteiger partial charge in [-0.25, -0.2) is 0 Å². The van der Waals surface area contributed by atoms with Crippen molar-refractivity contribution >= 4 is 23.8 Å². The van der Waals surface area contributed by atoms with Gasteiger partial charge in [-0.05, 0) is 119 Å². The number of alkyl halides is 6. The summed E-state index contributed by atoms with van der Waals surface area (Å²) >= 11 is 0. The molecule has 3 N–H and O–H groups in total. The van der Waals surface area contributed by atoms with Gasteiger partial charge in [-0.3, -0.25) is 29.1 Å². The van der Waals surface area contributed by atoms with Crippen LogP contribution in [0.2, 0.25) is 0 Å². The molecule has 2 heterocycles.